The molecule has 134 valence electrons. The van der Waals surface area contributed by atoms with E-state index in [2.05, 4.69) is 48.9 Å². The molecule has 3 nitrogen and oxygen atoms in total. The number of aromatic nitrogens is 1. The van der Waals surface area contributed by atoms with Crippen molar-refractivity contribution in [1.82, 2.24) is 4.98 Å². The van der Waals surface area contributed by atoms with Gasteiger partial charge in [0.05, 0.1) is 5.56 Å². The topological polar surface area (TPSA) is 50.2 Å². The van der Waals surface area contributed by atoms with E-state index >= 15 is 0 Å². The zero-order chi connectivity index (χ0) is 18.6. The Kier molecular flexibility index (Phi) is 5.68. The van der Waals surface area contributed by atoms with Crippen LogP contribution in [0.3, 0.4) is 0 Å². The standard InChI is InChI=1S/C22H23NO2S/c1-3-22(4-2)10-11-26-20-9-8-16(13-19(20)22)6-5-7-17-12-18(21(24)25)15-23-14-17/h8-9,12-15H,3-4,7,10-11H2,1-2H3,(H,24,25). The molecular formula is C22H23NO2S. The van der Waals surface area contributed by atoms with Gasteiger partial charge in [0, 0.05) is 29.3 Å². The van der Waals surface area contributed by atoms with E-state index in [1.54, 1.807) is 12.3 Å². The number of pyridine rings is 1. The van der Waals surface area contributed by atoms with Crippen LogP contribution in [0.2, 0.25) is 0 Å². The molecule has 26 heavy (non-hydrogen) atoms. The van der Waals surface area contributed by atoms with Crippen molar-refractivity contribution in [3.05, 3.63) is 58.9 Å². The zero-order valence-electron chi connectivity index (χ0n) is 15.2. The van der Waals surface area contributed by atoms with Crippen LogP contribution in [0.4, 0.5) is 0 Å². The summed E-state index contributed by atoms with van der Waals surface area (Å²) in [4.78, 5) is 16.4. The number of rotatable bonds is 4. The lowest BCUT2D eigenvalue weighted by Gasteiger charge is -2.37. The molecule has 1 aliphatic heterocycles. The summed E-state index contributed by atoms with van der Waals surface area (Å²) in [6.07, 6.45) is 7.05. The maximum absolute atomic E-state index is 11.0. The van der Waals surface area contributed by atoms with Crippen molar-refractivity contribution in [1.29, 1.82) is 0 Å². The number of carbonyl (C=O) groups is 1. The Morgan fingerprint density at radius 1 is 1.27 bits per heavy atom. The quantitative estimate of drug-likeness (QED) is 0.781. The summed E-state index contributed by atoms with van der Waals surface area (Å²) in [6.45, 7) is 4.56. The minimum atomic E-state index is -0.963. The molecule has 2 heterocycles. The van der Waals surface area contributed by atoms with Crippen molar-refractivity contribution in [2.75, 3.05) is 5.75 Å². The number of aromatic carboxylic acids is 1. The highest BCUT2D eigenvalue weighted by Gasteiger charge is 2.33. The molecule has 0 saturated heterocycles. The van der Waals surface area contributed by atoms with Crippen LogP contribution < -0.4 is 0 Å². The molecule has 0 bridgehead atoms. The average molecular weight is 365 g/mol. The molecule has 0 aliphatic carbocycles. The highest BCUT2D eigenvalue weighted by molar-refractivity contribution is 7.99. The maximum Gasteiger partial charge on any atom is 0.337 e. The number of thioether (sulfide) groups is 1. The summed E-state index contributed by atoms with van der Waals surface area (Å²) in [5.41, 5.74) is 3.77. The van der Waals surface area contributed by atoms with Gasteiger partial charge < -0.3 is 5.11 Å². The largest absolute Gasteiger partial charge is 0.478 e. The Balaban J connectivity index is 1.83. The van der Waals surface area contributed by atoms with Crippen LogP contribution in [0.5, 0.6) is 0 Å². The maximum atomic E-state index is 11.0. The van der Waals surface area contributed by atoms with Crippen molar-refractivity contribution in [3.8, 4) is 11.8 Å². The number of benzene rings is 1. The van der Waals surface area contributed by atoms with E-state index in [1.165, 1.54) is 28.8 Å². The van der Waals surface area contributed by atoms with Crippen LogP contribution in [0.15, 0.2) is 41.6 Å². The van der Waals surface area contributed by atoms with Crippen LogP contribution in [0.1, 0.15) is 60.2 Å². The summed E-state index contributed by atoms with van der Waals surface area (Å²) in [6, 6.07) is 8.18. The van der Waals surface area contributed by atoms with E-state index in [0.29, 0.717) is 6.42 Å². The van der Waals surface area contributed by atoms with Gasteiger partial charge in [-0.25, -0.2) is 4.79 Å². The molecular weight excluding hydrogens is 342 g/mol. The van der Waals surface area contributed by atoms with E-state index in [1.807, 2.05) is 11.8 Å². The first-order valence-corrected chi connectivity index (χ1v) is 10.00. The van der Waals surface area contributed by atoms with Gasteiger partial charge in [0.2, 0.25) is 0 Å². The fourth-order valence-electron chi connectivity index (χ4n) is 3.57. The molecule has 4 heteroatoms. The third kappa shape index (κ3) is 3.78. The summed E-state index contributed by atoms with van der Waals surface area (Å²) in [7, 11) is 0. The van der Waals surface area contributed by atoms with E-state index in [-0.39, 0.29) is 11.0 Å². The van der Waals surface area contributed by atoms with Crippen molar-refractivity contribution in [3.63, 3.8) is 0 Å². The second kappa shape index (κ2) is 7.97. The highest BCUT2D eigenvalue weighted by Crippen LogP contribution is 2.46. The predicted molar refractivity (Wildman–Crippen MR) is 106 cm³/mol. The second-order valence-electron chi connectivity index (χ2n) is 6.66. The molecule has 1 aromatic carbocycles. The predicted octanol–water partition coefficient (Wildman–Crippen LogP) is 4.93. The van der Waals surface area contributed by atoms with Gasteiger partial charge in [-0.2, -0.15) is 0 Å². The lowest BCUT2D eigenvalue weighted by atomic mass is 9.73. The molecule has 1 aromatic heterocycles. The summed E-state index contributed by atoms with van der Waals surface area (Å²) < 4.78 is 0. The molecule has 1 N–H and O–H groups in total. The number of hydrogen-bond donors (Lipinski definition) is 1. The molecule has 1 aliphatic rings. The van der Waals surface area contributed by atoms with Crippen molar-refractivity contribution in [2.45, 2.75) is 49.8 Å². The van der Waals surface area contributed by atoms with Gasteiger partial charge in [-0.1, -0.05) is 25.7 Å². The number of hydrogen-bond acceptors (Lipinski definition) is 3. The molecule has 0 radical (unpaired) electrons. The molecule has 2 aromatic rings. The smallest absolute Gasteiger partial charge is 0.337 e. The Morgan fingerprint density at radius 2 is 2.08 bits per heavy atom. The number of carboxylic acids is 1. The van der Waals surface area contributed by atoms with Crippen molar-refractivity contribution < 1.29 is 9.90 Å². The first-order chi connectivity index (χ1) is 12.6. The minimum absolute atomic E-state index is 0.200. The Hall–Kier alpha value is -2.25. The van der Waals surface area contributed by atoms with E-state index in [0.717, 1.165) is 24.0 Å². The summed E-state index contributed by atoms with van der Waals surface area (Å²) in [5.74, 6) is 6.63. The molecule has 3 rings (SSSR count). The van der Waals surface area contributed by atoms with Gasteiger partial charge in [0.1, 0.15) is 0 Å². The van der Waals surface area contributed by atoms with Gasteiger partial charge in [-0.3, -0.25) is 4.98 Å². The van der Waals surface area contributed by atoms with Gasteiger partial charge >= 0.3 is 5.97 Å². The monoisotopic (exact) mass is 365 g/mol. The van der Waals surface area contributed by atoms with Gasteiger partial charge in [-0.15, -0.1) is 11.8 Å². The first-order valence-electron chi connectivity index (χ1n) is 9.01. The molecule has 0 atom stereocenters. The number of carboxylic acid groups (broad SMARTS) is 1. The van der Waals surface area contributed by atoms with Crippen LogP contribution in [-0.2, 0) is 11.8 Å². The lowest BCUT2D eigenvalue weighted by molar-refractivity contribution is 0.0696. The van der Waals surface area contributed by atoms with Crippen LogP contribution in [-0.4, -0.2) is 21.8 Å². The molecule has 0 spiro atoms. The van der Waals surface area contributed by atoms with Gasteiger partial charge in [-0.05, 0) is 65.8 Å². The third-order valence-electron chi connectivity index (χ3n) is 5.31. The number of fused-ring (bicyclic) bond motifs is 1. The first kappa shape index (κ1) is 18.5. The Morgan fingerprint density at radius 3 is 2.81 bits per heavy atom. The van der Waals surface area contributed by atoms with E-state index in [4.69, 9.17) is 5.11 Å². The lowest BCUT2D eigenvalue weighted by Crippen LogP contribution is -2.28. The molecule has 0 amide bonds. The summed E-state index contributed by atoms with van der Waals surface area (Å²) in [5, 5.41) is 9.04. The fourth-order valence-corrected chi connectivity index (χ4v) is 4.88. The van der Waals surface area contributed by atoms with E-state index in [9.17, 15) is 4.79 Å². The van der Waals surface area contributed by atoms with E-state index < -0.39 is 5.97 Å². The second-order valence-corrected chi connectivity index (χ2v) is 7.80. The normalized spacial score (nSPS) is 14.8. The number of nitrogens with zero attached hydrogens (tertiary/aromatic N) is 1. The zero-order valence-corrected chi connectivity index (χ0v) is 16.0. The van der Waals surface area contributed by atoms with Crippen molar-refractivity contribution in [2.24, 2.45) is 0 Å². The van der Waals surface area contributed by atoms with Crippen LogP contribution in [0, 0.1) is 11.8 Å². The highest BCUT2D eigenvalue weighted by atomic mass is 32.2. The fraction of sp³-hybridized carbons (Fsp3) is 0.364. The molecule has 0 saturated carbocycles. The molecule has 0 unspecified atom stereocenters. The van der Waals surface area contributed by atoms with Gasteiger partial charge in [0.25, 0.3) is 0 Å². The average Bonchev–Trinajstić information content (AvgIpc) is 2.67. The van der Waals surface area contributed by atoms with Crippen LogP contribution >= 0.6 is 11.8 Å². The van der Waals surface area contributed by atoms with Crippen LogP contribution in [0.25, 0.3) is 0 Å². The third-order valence-corrected chi connectivity index (χ3v) is 6.38. The summed E-state index contributed by atoms with van der Waals surface area (Å²) >= 11 is 1.94. The van der Waals surface area contributed by atoms with Crippen molar-refractivity contribution >= 4 is 17.7 Å². The minimum Gasteiger partial charge on any atom is -0.478 e. The van der Waals surface area contributed by atoms with Gasteiger partial charge in [0.15, 0.2) is 0 Å². The SMILES string of the molecule is CCC1(CC)CCSc2ccc(C#CCc3cncc(C(=O)O)c3)cc21. The molecule has 0 fully saturated rings. The Bertz CT molecular complexity index is 875. The Labute approximate surface area is 159 Å².